The van der Waals surface area contributed by atoms with Crippen LogP contribution in [0.3, 0.4) is 0 Å². The highest BCUT2D eigenvalue weighted by atomic mass is 32.1. The van der Waals surface area contributed by atoms with Crippen LogP contribution in [0.4, 0.5) is 4.39 Å². The zero-order chi connectivity index (χ0) is 15.5. The molecule has 4 nitrogen and oxygen atoms in total. The van der Waals surface area contributed by atoms with Gasteiger partial charge in [-0.1, -0.05) is 0 Å². The molecule has 1 aromatic heterocycles. The van der Waals surface area contributed by atoms with Crippen molar-refractivity contribution in [1.29, 1.82) is 0 Å². The van der Waals surface area contributed by atoms with Gasteiger partial charge in [-0.2, -0.15) is 0 Å². The van der Waals surface area contributed by atoms with Crippen LogP contribution in [0.15, 0.2) is 29.6 Å². The second kappa shape index (κ2) is 6.54. The lowest BCUT2D eigenvalue weighted by Crippen LogP contribution is -2.47. The minimum Gasteiger partial charge on any atom is -0.333 e. The first kappa shape index (κ1) is 15.1. The van der Waals surface area contributed by atoms with Crippen molar-refractivity contribution in [2.24, 2.45) is 5.73 Å². The van der Waals surface area contributed by atoms with Gasteiger partial charge in [-0.05, 0) is 43.5 Å². The van der Waals surface area contributed by atoms with Gasteiger partial charge in [0, 0.05) is 30.1 Å². The van der Waals surface area contributed by atoms with Gasteiger partial charge in [0.2, 0.25) is 0 Å². The highest BCUT2D eigenvalue weighted by Crippen LogP contribution is 2.26. The lowest BCUT2D eigenvalue weighted by molar-refractivity contribution is 0.0618. The molecule has 0 bridgehead atoms. The Morgan fingerprint density at radius 2 is 2.14 bits per heavy atom. The van der Waals surface area contributed by atoms with Crippen LogP contribution < -0.4 is 5.73 Å². The van der Waals surface area contributed by atoms with Gasteiger partial charge in [-0.15, -0.1) is 11.3 Å². The average molecular weight is 319 g/mol. The molecule has 1 aliphatic heterocycles. The number of nitrogens with zero attached hydrogens (tertiary/aromatic N) is 2. The van der Waals surface area contributed by atoms with E-state index in [9.17, 15) is 9.18 Å². The number of thiazole rings is 1. The number of rotatable bonds is 3. The third-order valence-corrected chi connectivity index (χ3v) is 4.87. The monoisotopic (exact) mass is 319 g/mol. The molecular formula is C16H18FN3OS. The molecule has 6 heteroatoms. The smallest absolute Gasteiger partial charge is 0.273 e. The highest BCUT2D eigenvalue weighted by Gasteiger charge is 2.27. The fraction of sp³-hybridized carbons (Fsp3) is 0.375. The minimum atomic E-state index is -0.282. The molecule has 22 heavy (non-hydrogen) atoms. The Labute approximate surface area is 132 Å². The maximum Gasteiger partial charge on any atom is 0.273 e. The molecule has 2 N–H and O–H groups in total. The largest absolute Gasteiger partial charge is 0.333 e. The summed E-state index contributed by atoms with van der Waals surface area (Å²) in [4.78, 5) is 18.9. The molecular weight excluding hydrogens is 301 g/mol. The number of benzene rings is 1. The fourth-order valence-electron chi connectivity index (χ4n) is 2.76. The van der Waals surface area contributed by atoms with Gasteiger partial charge in [0.25, 0.3) is 5.91 Å². The van der Waals surface area contributed by atoms with Gasteiger partial charge in [-0.25, -0.2) is 9.37 Å². The maximum atomic E-state index is 13.0. The molecule has 0 radical (unpaired) electrons. The van der Waals surface area contributed by atoms with E-state index in [1.165, 1.54) is 23.5 Å². The molecule has 0 spiro atoms. The van der Waals surface area contributed by atoms with Crippen LogP contribution in [0.1, 0.15) is 29.8 Å². The quantitative estimate of drug-likeness (QED) is 0.946. The third-order valence-electron chi connectivity index (χ3n) is 3.97. The van der Waals surface area contributed by atoms with Crippen LogP contribution in [0.2, 0.25) is 0 Å². The lowest BCUT2D eigenvalue weighted by Gasteiger charge is -2.34. The van der Waals surface area contributed by atoms with E-state index in [1.54, 1.807) is 17.5 Å². The predicted molar refractivity (Wildman–Crippen MR) is 85.2 cm³/mol. The van der Waals surface area contributed by atoms with E-state index in [4.69, 9.17) is 5.73 Å². The van der Waals surface area contributed by atoms with Gasteiger partial charge >= 0.3 is 0 Å². The van der Waals surface area contributed by atoms with E-state index in [-0.39, 0.29) is 17.8 Å². The van der Waals surface area contributed by atoms with Gasteiger partial charge in [0.05, 0.1) is 0 Å². The molecule has 1 amide bonds. The number of aromatic nitrogens is 1. The molecule has 1 unspecified atom stereocenters. The molecule has 0 aliphatic carbocycles. The SMILES string of the molecule is NCC1CCCCN1C(=O)c1csc(-c2ccc(F)cc2)n1. The summed E-state index contributed by atoms with van der Waals surface area (Å²) in [5.41, 5.74) is 7.04. The van der Waals surface area contributed by atoms with Crippen molar-refractivity contribution in [3.63, 3.8) is 0 Å². The van der Waals surface area contributed by atoms with E-state index in [2.05, 4.69) is 4.98 Å². The molecule has 1 aromatic carbocycles. The summed E-state index contributed by atoms with van der Waals surface area (Å²) >= 11 is 1.40. The van der Waals surface area contributed by atoms with Gasteiger partial charge < -0.3 is 10.6 Å². The third kappa shape index (κ3) is 3.03. The molecule has 1 atom stereocenters. The molecule has 1 saturated heterocycles. The van der Waals surface area contributed by atoms with Crippen LogP contribution in [0, 0.1) is 5.82 Å². The number of hydrogen-bond acceptors (Lipinski definition) is 4. The van der Waals surface area contributed by atoms with Crippen molar-refractivity contribution in [2.45, 2.75) is 25.3 Å². The average Bonchev–Trinajstić information content (AvgIpc) is 3.05. The van der Waals surface area contributed by atoms with E-state index in [0.29, 0.717) is 12.2 Å². The van der Waals surface area contributed by atoms with Crippen molar-refractivity contribution in [3.8, 4) is 10.6 Å². The summed E-state index contributed by atoms with van der Waals surface area (Å²) in [5.74, 6) is -0.338. The van der Waals surface area contributed by atoms with Gasteiger partial charge in [0.1, 0.15) is 16.5 Å². The van der Waals surface area contributed by atoms with Crippen LogP contribution in [0.5, 0.6) is 0 Å². The van der Waals surface area contributed by atoms with Crippen molar-refractivity contribution in [2.75, 3.05) is 13.1 Å². The zero-order valence-electron chi connectivity index (χ0n) is 12.2. The standard InChI is InChI=1S/C16H18FN3OS/c17-12-6-4-11(5-7-12)15-19-14(10-22-15)16(21)20-8-2-1-3-13(20)9-18/h4-7,10,13H,1-3,8-9,18H2. The fourth-order valence-corrected chi connectivity index (χ4v) is 3.56. The molecule has 1 fully saturated rings. The number of piperidine rings is 1. The molecule has 3 rings (SSSR count). The summed E-state index contributed by atoms with van der Waals surface area (Å²) in [7, 11) is 0. The van der Waals surface area contributed by atoms with Gasteiger partial charge in [0.15, 0.2) is 0 Å². The van der Waals surface area contributed by atoms with Crippen LogP contribution in [0.25, 0.3) is 10.6 Å². The summed E-state index contributed by atoms with van der Waals surface area (Å²) in [5, 5.41) is 2.49. The number of likely N-dealkylation sites (tertiary alicyclic amines) is 1. The molecule has 1 aliphatic rings. The summed E-state index contributed by atoms with van der Waals surface area (Å²) in [6, 6.07) is 6.25. The van der Waals surface area contributed by atoms with Gasteiger partial charge in [-0.3, -0.25) is 4.79 Å². The Hall–Kier alpha value is -1.79. The molecule has 116 valence electrons. The Bertz CT molecular complexity index is 656. The Morgan fingerprint density at radius 1 is 1.36 bits per heavy atom. The van der Waals surface area contributed by atoms with E-state index >= 15 is 0 Å². The minimum absolute atomic E-state index is 0.0558. The molecule has 2 heterocycles. The predicted octanol–water partition coefficient (Wildman–Crippen LogP) is 2.90. The zero-order valence-corrected chi connectivity index (χ0v) is 13.0. The van der Waals surface area contributed by atoms with Crippen molar-refractivity contribution in [3.05, 3.63) is 41.2 Å². The van der Waals surface area contributed by atoms with Crippen LogP contribution >= 0.6 is 11.3 Å². The molecule has 2 aromatic rings. The number of halogens is 1. The number of hydrogen-bond donors (Lipinski definition) is 1. The first-order valence-corrected chi connectivity index (χ1v) is 8.29. The Kier molecular flexibility index (Phi) is 4.49. The van der Waals surface area contributed by atoms with Crippen molar-refractivity contribution >= 4 is 17.2 Å². The summed E-state index contributed by atoms with van der Waals surface area (Å²) in [6.07, 6.45) is 3.08. The topological polar surface area (TPSA) is 59.2 Å². The summed E-state index contributed by atoms with van der Waals surface area (Å²) < 4.78 is 13.0. The summed E-state index contributed by atoms with van der Waals surface area (Å²) in [6.45, 7) is 1.23. The second-order valence-electron chi connectivity index (χ2n) is 5.43. The normalized spacial score (nSPS) is 18.5. The van der Waals surface area contributed by atoms with Crippen molar-refractivity contribution in [1.82, 2.24) is 9.88 Å². The number of nitrogens with two attached hydrogens (primary N) is 1. The first-order valence-electron chi connectivity index (χ1n) is 7.41. The number of carbonyl (C=O) groups excluding carboxylic acids is 1. The van der Waals surface area contributed by atoms with Crippen LogP contribution in [-0.2, 0) is 0 Å². The van der Waals surface area contributed by atoms with E-state index < -0.39 is 0 Å². The number of carbonyl (C=O) groups is 1. The highest BCUT2D eigenvalue weighted by molar-refractivity contribution is 7.13. The van der Waals surface area contributed by atoms with Crippen molar-refractivity contribution < 1.29 is 9.18 Å². The first-order chi connectivity index (χ1) is 10.7. The molecule has 0 saturated carbocycles. The van der Waals surface area contributed by atoms with E-state index in [1.807, 2.05) is 4.90 Å². The van der Waals surface area contributed by atoms with E-state index in [0.717, 1.165) is 36.4 Å². The van der Waals surface area contributed by atoms with Crippen LogP contribution in [-0.4, -0.2) is 34.9 Å². The lowest BCUT2D eigenvalue weighted by atomic mass is 10.0. The Balaban J connectivity index is 1.80. The Morgan fingerprint density at radius 3 is 2.86 bits per heavy atom. The second-order valence-corrected chi connectivity index (χ2v) is 6.29. The maximum absolute atomic E-state index is 13.0. The number of amides is 1.